The van der Waals surface area contributed by atoms with Gasteiger partial charge in [0.1, 0.15) is 0 Å². The summed E-state index contributed by atoms with van der Waals surface area (Å²) in [7, 11) is 0. The normalized spacial score (nSPS) is 24.8. The molecule has 0 saturated heterocycles. The SMILES string of the molecule is CCCC1(CF)C(CF)(CF)C(CF)(CF)C(CF)(CF)C(CF)(CF)C1(CF)CF. The first-order valence-corrected chi connectivity index (χ1v) is 9.89. The lowest BCUT2D eigenvalue weighted by molar-refractivity contribution is -0.378. The number of alkyl halides is 11. The van der Waals surface area contributed by atoms with Gasteiger partial charge in [-0.3, -0.25) is 48.3 Å². The minimum atomic E-state index is -3.55. The molecule has 0 N–H and O–H groups in total. The van der Waals surface area contributed by atoms with E-state index in [-0.39, 0.29) is 6.42 Å². The minimum Gasteiger partial charge on any atom is -0.250 e. The third-order valence-corrected chi connectivity index (χ3v) is 8.68. The molecule has 1 aliphatic carbocycles. The lowest BCUT2D eigenvalue weighted by atomic mass is 9.25. The number of rotatable bonds is 13. The third kappa shape index (κ3) is 2.66. The second kappa shape index (κ2) is 10.0. The van der Waals surface area contributed by atoms with Crippen molar-refractivity contribution in [1.82, 2.24) is 0 Å². The van der Waals surface area contributed by atoms with Crippen LogP contribution in [0.2, 0.25) is 0 Å². The zero-order chi connectivity index (χ0) is 24.2. The van der Waals surface area contributed by atoms with E-state index in [9.17, 15) is 48.3 Å². The van der Waals surface area contributed by atoms with E-state index in [4.69, 9.17) is 0 Å². The van der Waals surface area contributed by atoms with Gasteiger partial charge in [0.25, 0.3) is 0 Å². The highest BCUT2D eigenvalue weighted by molar-refractivity contribution is 5.31. The Bertz CT molecular complexity index is 509. The largest absolute Gasteiger partial charge is 0.250 e. The standard InChI is InChI=1S/C20H29F11/c1-2-3-15(4-21)16(5-22,6-23)18(9-26,10-27)20(13-30,14-31)19(11-28,12-29)17(15,7-24)8-25/h2-14H2,1H3. The molecule has 0 aliphatic heterocycles. The quantitative estimate of drug-likeness (QED) is 0.270. The molecule has 1 rings (SSSR count). The molecule has 0 unspecified atom stereocenters. The third-order valence-electron chi connectivity index (χ3n) is 8.68. The van der Waals surface area contributed by atoms with Gasteiger partial charge in [0.2, 0.25) is 0 Å². The van der Waals surface area contributed by atoms with E-state index in [1.165, 1.54) is 6.92 Å². The van der Waals surface area contributed by atoms with Crippen LogP contribution in [0.1, 0.15) is 19.8 Å². The van der Waals surface area contributed by atoms with E-state index in [2.05, 4.69) is 0 Å². The van der Waals surface area contributed by atoms with Crippen LogP contribution in [0, 0.1) is 32.5 Å². The fraction of sp³-hybridized carbons (Fsp3) is 1.00. The van der Waals surface area contributed by atoms with Gasteiger partial charge in [-0.25, -0.2) is 0 Å². The summed E-state index contributed by atoms with van der Waals surface area (Å²) >= 11 is 0. The van der Waals surface area contributed by atoms with E-state index in [0.717, 1.165) is 0 Å². The van der Waals surface area contributed by atoms with Crippen LogP contribution in [0.25, 0.3) is 0 Å². The van der Waals surface area contributed by atoms with Crippen LogP contribution in [0.3, 0.4) is 0 Å². The highest BCUT2D eigenvalue weighted by Gasteiger charge is 2.88. The van der Waals surface area contributed by atoms with Crippen molar-refractivity contribution in [3.8, 4) is 0 Å². The molecule has 0 aromatic heterocycles. The molecule has 0 radical (unpaired) electrons. The van der Waals surface area contributed by atoms with Gasteiger partial charge in [0, 0.05) is 32.5 Å². The van der Waals surface area contributed by atoms with Crippen LogP contribution in [-0.4, -0.2) is 73.4 Å². The molecular formula is C20H29F11. The summed E-state index contributed by atoms with van der Waals surface area (Å²) in [5, 5.41) is 0. The maximum absolute atomic E-state index is 14.8. The number of hydrogen-bond acceptors (Lipinski definition) is 0. The first-order valence-electron chi connectivity index (χ1n) is 9.89. The maximum Gasteiger partial charge on any atom is 0.0990 e. The molecule has 0 aromatic carbocycles. The Hall–Kier alpha value is -0.770. The van der Waals surface area contributed by atoms with E-state index >= 15 is 0 Å². The molecule has 1 aliphatic rings. The summed E-state index contributed by atoms with van der Waals surface area (Å²) in [5.74, 6) is 0. The molecule has 31 heavy (non-hydrogen) atoms. The maximum atomic E-state index is 14.8. The second-order valence-electron chi connectivity index (χ2n) is 8.71. The van der Waals surface area contributed by atoms with Crippen LogP contribution in [0.4, 0.5) is 48.3 Å². The summed E-state index contributed by atoms with van der Waals surface area (Å²) in [6.45, 7) is -22.8. The first-order chi connectivity index (χ1) is 14.7. The Balaban J connectivity index is 4.57. The molecule has 1 fully saturated rings. The Labute approximate surface area is 174 Å². The summed E-state index contributed by atoms with van der Waals surface area (Å²) in [6.07, 6.45) is -1.09. The zero-order valence-corrected chi connectivity index (χ0v) is 17.3. The van der Waals surface area contributed by atoms with Crippen molar-refractivity contribution in [3.63, 3.8) is 0 Å². The molecule has 0 spiro atoms. The Morgan fingerprint density at radius 1 is 0.323 bits per heavy atom. The van der Waals surface area contributed by atoms with Crippen LogP contribution in [0.5, 0.6) is 0 Å². The van der Waals surface area contributed by atoms with Crippen molar-refractivity contribution in [2.24, 2.45) is 32.5 Å². The van der Waals surface area contributed by atoms with Gasteiger partial charge < -0.3 is 0 Å². The van der Waals surface area contributed by atoms with Crippen LogP contribution >= 0.6 is 0 Å². The van der Waals surface area contributed by atoms with E-state index < -0.39 is 112 Å². The smallest absolute Gasteiger partial charge is 0.0990 e. The van der Waals surface area contributed by atoms with Crippen molar-refractivity contribution in [2.75, 3.05) is 73.4 Å². The average molecular weight is 478 g/mol. The molecular weight excluding hydrogens is 449 g/mol. The molecule has 186 valence electrons. The highest BCUT2D eigenvalue weighted by Crippen LogP contribution is 2.81. The molecule has 1 saturated carbocycles. The van der Waals surface area contributed by atoms with Crippen LogP contribution in [0.15, 0.2) is 0 Å². The molecule has 0 bridgehead atoms. The molecule has 0 heterocycles. The van der Waals surface area contributed by atoms with Crippen molar-refractivity contribution in [3.05, 3.63) is 0 Å². The Kier molecular flexibility index (Phi) is 9.13. The van der Waals surface area contributed by atoms with E-state index in [1.54, 1.807) is 0 Å². The molecule has 11 heteroatoms. The van der Waals surface area contributed by atoms with Gasteiger partial charge in [-0.1, -0.05) is 13.3 Å². The summed E-state index contributed by atoms with van der Waals surface area (Å²) in [6, 6.07) is 0. The van der Waals surface area contributed by atoms with Crippen molar-refractivity contribution in [2.45, 2.75) is 19.8 Å². The lowest BCUT2D eigenvalue weighted by Crippen LogP contribution is -2.85. The average Bonchev–Trinajstić information content (AvgIpc) is 2.82. The molecule has 0 nitrogen and oxygen atoms in total. The van der Waals surface area contributed by atoms with Crippen LogP contribution < -0.4 is 0 Å². The van der Waals surface area contributed by atoms with E-state index in [0.29, 0.717) is 0 Å². The van der Waals surface area contributed by atoms with E-state index in [1.807, 2.05) is 0 Å². The van der Waals surface area contributed by atoms with Crippen molar-refractivity contribution < 1.29 is 48.3 Å². The summed E-state index contributed by atoms with van der Waals surface area (Å²) in [4.78, 5) is 0. The van der Waals surface area contributed by atoms with Crippen LogP contribution in [-0.2, 0) is 0 Å². The molecule has 0 amide bonds. The monoisotopic (exact) mass is 478 g/mol. The van der Waals surface area contributed by atoms with Gasteiger partial charge in [-0.2, -0.15) is 0 Å². The fourth-order valence-electron chi connectivity index (χ4n) is 6.71. The Morgan fingerprint density at radius 2 is 0.484 bits per heavy atom. The highest BCUT2D eigenvalue weighted by atomic mass is 19.2. The fourth-order valence-corrected chi connectivity index (χ4v) is 6.71. The number of hydrogen-bond donors (Lipinski definition) is 0. The van der Waals surface area contributed by atoms with Crippen molar-refractivity contribution >= 4 is 0 Å². The summed E-state index contributed by atoms with van der Waals surface area (Å²) in [5.41, 5.74) is -20.2. The lowest BCUT2D eigenvalue weighted by Gasteiger charge is -2.77. The second-order valence-corrected chi connectivity index (χ2v) is 8.71. The predicted octanol–water partition coefficient (Wildman–Crippen LogP) is 6.38. The van der Waals surface area contributed by atoms with Gasteiger partial charge in [0.05, 0.1) is 73.4 Å². The molecule has 0 atom stereocenters. The van der Waals surface area contributed by atoms with Crippen molar-refractivity contribution in [1.29, 1.82) is 0 Å². The molecule has 0 aromatic rings. The van der Waals surface area contributed by atoms with Gasteiger partial charge in [-0.15, -0.1) is 0 Å². The van der Waals surface area contributed by atoms with Gasteiger partial charge >= 0.3 is 0 Å². The first kappa shape index (κ1) is 28.3. The predicted molar refractivity (Wildman–Crippen MR) is 95.2 cm³/mol. The zero-order valence-electron chi connectivity index (χ0n) is 17.3. The van der Waals surface area contributed by atoms with Gasteiger partial charge in [-0.05, 0) is 6.42 Å². The number of halogens is 11. The van der Waals surface area contributed by atoms with Gasteiger partial charge in [0.15, 0.2) is 0 Å². The minimum absolute atomic E-state index is 0.255. The Morgan fingerprint density at radius 3 is 0.613 bits per heavy atom. The topological polar surface area (TPSA) is 0 Å². The summed E-state index contributed by atoms with van der Waals surface area (Å²) < 4.78 is 161.